The Hall–Kier alpha value is -1.36. The van der Waals surface area contributed by atoms with E-state index in [1.165, 1.54) is 12.1 Å². The van der Waals surface area contributed by atoms with Gasteiger partial charge in [0.1, 0.15) is 5.75 Å². The molecule has 0 radical (unpaired) electrons. The summed E-state index contributed by atoms with van der Waals surface area (Å²) in [5.74, 6) is 0.187. The Bertz CT molecular complexity index is 576. The van der Waals surface area contributed by atoms with Gasteiger partial charge in [0, 0.05) is 18.2 Å². The lowest BCUT2D eigenvalue weighted by Crippen LogP contribution is -2.33. The summed E-state index contributed by atoms with van der Waals surface area (Å²) < 4.78 is 43.2. The highest BCUT2D eigenvalue weighted by molar-refractivity contribution is 6.33. The molecule has 0 saturated carbocycles. The maximum Gasteiger partial charge on any atom is 0.429 e. The van der Waals surface area contributed by atoms with E-state index in [1.54, 1.807) is 6.07 Å². The third kappa shape index (κ3) is 4.32. The number of benzene rings is 1. The molecule has 2 nitrogen and oxygen atoms in total. The van der Waals surface area contributed by atoms with Crippen molar-refractivity contribution >= 4 is 23.4 Å². The number of hydrogen-bond donors (Lipinski definition) is 1. The summed E-state index contributed by atoms with van der Waals surface area (Å²) in [5, 5.41) is 3.62. The Morgan fingerprint density at radius 2 is 1.91 bits per heavy atom. The van der Waals surface area contributed by atoms with Crippen LogP contribution in [0.1, 0.15) is 32.8 Å². The van der Waals surface area contributed by atoms with Crippen molar-refractivity contribution < 1.29 is 17.9 Å². The maximum atomic E-state index is 12.7. The normalized spacial score (nSPS) is 17.9. The van der Waals surface area contributed by atoms with Crippen LogP contribution in [0.5, 0.6) is 5.75 Å². The number of anilines is 1. The van der Waals surface area contributed by atoms with Gasteiger partial charge in [-0.3, -0.25) is 0 Å². The Kier molecular flexibility index (Phi) is 4.66. The zero-order valence-corrected chi connectivity index (χ0v) is 13.5. The van der Waals surface area contributed by atoms with E-state index in [2.05, 4.69) is 26.1 Å². The van der Waals surface area contributed by atoms with Crippen LogP contribution in [-0.4, -0.2) is 18.8 Å². The quantitative estimate of drug-likeness (QED) is 0.785. The minimum absolute atomic E-state index is 0.161. The molecule has 1 aromatic rings. The molecule has 1 atom stereocenters. The average molecular weight is 334 g/mol. The van der Waals surface area contributed by atoms with E-state index in [4.69, 9.17) is 16.3 Å². The van der Waals surface area contributed by atoms with Crippen LogP contribution in [0.4, 0.5) is 18.9 Å². The molecule has 1 N–H and O–H groups in total. The highest BCUT2D eigenvalue weighted by Crippen LogP contribution is 2.38. The number of fused-ring (bicyclic) bond motifs is 1. The molecule has 1 unspecified atom stereocenters. The van der Waals surface area contributed by atoms with Crippen LogP contribution >= 0.6 is 11.6 Å². The summed E-state index contributed by atoms with van der Waals surface area (Å²) in [7, 11) is 0. The van der Waals surface area contributed by atoms with E-state index in [9.17, 15) is 13.2 Å². The first kappa shape index (κ1) is 17.0. The van der Waals surface area contributed by atoms with Gasteiger partial charge in [0.15, 0.2) is 0 Å². The van der Waals surface area contributed by atoms with Crippen molar-refractivity contribution in [2.75, 3.05) is 11.9 Å². The van der Waals surface area contributed by atoms with Crippen molar-refractivity contribution in [3.63, 3.8) is 0 Å². The fraction of sp³-hybridized carbons (Fsp3) is 0.500. The Labute approximate surface area is 133 Å². The molecule has 0 spiro atoms. The van der Waals surface area contributed by atoms with Crippen LogP contribution < -0.4 is 10.1 Å². The highest BCUT2D eigenvalue weighted by Gasteiger charge is 2.41. The van der Waals surface area contributed by atoms with Gasteiger partial charge in [0.25, 0.3) is 0 Å². The summed E-state index contributed by atoms with van der Waals surface area (Å²) in [6.07, 6.45) is -3.05. The number of nitrogens with one attached hydrogen (secondary N) is 1. The third-order valence-corrected chi connectivity index (χ3v) is 3.63. The Morgan fingerprint density at radius 3 is 2.50 bits per heavy atom. The van der Waals surface area contributed by atoms with Crippen molar-refractivity contribution in [2.45, 2.75) is 39.5 Å². The fourth-order valence-electron chi connectivity index (χ4n) is 2.05. The van der Waals surface area contributed by atoms with E-state index >= 15 is 0 Å². The lowest BCUT2D eigenvalue weighted by Gasteiger charge is -2.25. The summed E-state index contributed by atoms with van der Waals surface area (Å²) in [6.45, 7) is 7.03. The molecule has 1 aliphatic heterocycles. The van der Waals surface area contributed by atoms with Crippen molar-refractivity contribution in [2.24, 2.45) is 5.41 Å². The first-order valence-electron chi connectivity index (χ1n) is 7.05. The van der Waals surface area contributed by atoms with E-state index in [-0.39, 0.29) is 11.2 Å². The van der Waals surface area contributed by atoms with Gasteiger partial charge in [-0.15, -0.1) is 0 Å². The molecule has 1 aliphatic rings. The van der Waals surface area contributed by atoms with Gasteiger partial charge >= 0.3 is 6.18 Å². The van der Waals surface area contributed by atoms with Crippen molar-refractivity contribution in [1.82, 2.24) is 0 Å². The molecule has 1 heterocycles. The van der Waals surface area contributed by atoms with Crippen molar-refractivity contribution in [3.8, 4) is 5.75 Å². The zero-order valence-electron chi connectivity index (χ0n) is 12.7. The van der Waals surface area contributed by atoms with Crippen LogP contribution in [0.25, 0.3) is 6.08 Å². The standard InChI is InChI=1S/C16H19ClF3NO/c1-15(2,3)6-7-21-12-9-13-10(8-11(12)17)4-5-14(22-13)16(18,19)20/h4-5,8-9,14,21H,6-7H2,1-3H3. The second-order valence-corrected chi connectivity index (χ2v) is 6.95. The number of alkyl halides is 3. The molecule has 0 bridgehead atoms. The maximum absolute atomic E-state index is 12.7. The topological polar surface area (TPSA) is 21.3 Å². The van der Waals surface area contributed by atoms with Gasteiger partial charge < -0.3 is 10.1 Å². The molecule has 22 heavy (non-hydrogen) atoms. The largest absolute Gasteiger partial charge is 0.476 e. The predicted octanol–water partition coefficient (Wildman–Crippen LogP) is 5.52. The molecule has 1 aromatic carbocycles. The number of hydrogen-bond acceptors (Lipinski definition) is 2. The van der Waals surface area contributed by atoms with Crippen LogP contribution in [0.2, 0.25) is 5.02 Å². The van der Waals surface area contributed by atoms with Gasteiger partial charge in [-0.1, -0.05) is 38.4 Å². The van der Waals surface area contributed by atoms with Gasteiger partial charge in [-0.25, -0.2) is 0 Å². The molecular formula is C16H19ClF3NO. The molecule has 0 amide bonds. The third-order valence-electron chi connectivity index (χ3n) is 3.32. The molecule has 2 rings (SSSR count). The second-order valence-electron chi connectivity index (χ2n) is 6.55. The number of halogens is 4. The number of ether oxygens (including phenoxy) is 1. The minimum Gasteiger partial charge on any atom is -0.476 e. The lowest BCUT2D eigenvalue weighted by molar-refractivity contribution is -0.180. The monoisotopic (exact) mass is 333 g/mol. The first-order chi connectivity index (χ1) is 10.1. The van der Waals surface area contributed by atoms with Crippen molar-refractivity contribution in [1.29, 1.82) is 0 Å². The fourth-order valence-corrected chi connectivity index (χ4v) is 2.29. The molecule has 6 heteroatoms. The average Bonchev–Trinajstić information content (AvgIpc) is 2.36. The highest BCUT2D eigenvalue weighted by atomic mass is 35.5. The van der Waals surface area contributed by atoms with Crippen LogP contribution in [0.3, 0.4) is 0 Å². The Balaban J connectivity index is 2.14. The molecule has 0 aromatic heterocycles. The van der Waals surface area contributed by atoms with Crippen molar-refractivity contribution in [3.05, 3.63) is 28.8 Å². The van der Waals surface area contributed by atoms with Gasteiger partial charge in [-0.05, 0) is 24.0 Å². The second kappa shape index (κ2) is 6.03. The molecule has 0 fully saturated rings. The Morgan fingerprint density at radius 1 is 1.23 bits per heavy atom. The van der Waals surface area contributed by atoms with E-state index in [0.717, 1.165) is 12.5 Å². The van der Waals surface area contributed by atoms with E-state index < -0.39 is 12.3 Å². The van der Waals surface area contributed by atoms with Crippen LogP contribution in [0, 0.1) is 5.41 Å². The summed E-state index contributed by atoms with van der Waals surface area (Å²) in [4.78, 5) is 0. The molecule has 122 valence electrons. The lowest BCUT2D eigenvalue weighted by atomic mass is 9.92. The van der Waals surface area contributed by atoms with Gasteiger partial charge in [0.2, 0.25) is 6.10 Å². The summed E-state index contributed by atoms with van der Waals surface area (Å²) >= 11 is 6.16. The zero-order chi connectivity index (χ0) is 16.5. The molecular weight excluding hydrogens is 315 g/mol. The number of rotatable bonds is 3. The van der Waals surface area contributed by atoms with Crippen LogP contribution in [0.15, 0.2) is 18.2 Å². The van der Waals surface area contributed by atoms with E-state index in [1.807, 2.05) is 0 Å². The van der Waals surface area contributed by atoms with Crippen LogP contribution in [-0.2, 0) is 0 Å². The first-order valence-corrected chi connectivity index (χ1v) is 7.43. The predicted molar refractivity (Wildman–Crippen MR) is 83.5 cm³/mol. The van der Waals surface area contributed by atoms with E-state index in [0.29, 0.717) is 22.8 Å². The summed E-state index contributed by atoms with van der Waals surface area (Å²) in [5.41, 5.74) is 1.29. The van der Waals surface area contributed by atoms with Gasteiger partial charge in [-0.2, -0.15) is 13.2 Å². The SMILES string of the molecule is CC(C)(C)CCNc1cc2c(cc1Cl)C=CC(C(F)(F)F)O2. The molecule has 0 aliphatic carbocycles. The minimum atomic E-state index is -4.42. The summed E-state index contributed by atoms with van der Waals surface area (Å²) in [6, 6.07) is 3.14. The smallest absolute Gasteiger partial charge is 0.429 e. The van der Waals surface area contributed by atoms with Gasteiger partial charge in [0.05, 0.1) is 10.7 Å². The molecule has 0 saturated heterocycles.